The van der Waals surface area contributed by atoms with Gasteiger partial charge >= 0.3 is 0 Å². The second-order valence-electron chi connectivity index (χ2n) is 8.06. The van der Waals surface area contributed by atoms with Crippen molar-refractivity contribution in [1.29, 1.82) is 0 Å². The minimum absolute atomic E-state index is 0.291. The van der Waals surface area contributed by atoms with E-state index in [1.165, 1.54) is 46.3 Å². The lowest BCUT2D eigenvalue weighted by atomic mass is 9.96. The topological polar surface area (TPSA) is 94.6 Å². The molecule has 10 heteroatoms. The number of hydrogen-bond donors (Lipinski definition) is 2. The van der Waals surface area contributed by atoms with Crippen molar-refractivity contribution in [3.05, 3.63) is 36.0 Å². The first-order chi connectivity index (χ1) is 16.5. The highest BCUT2D eigenvalue weighted by atomic mass is 32.2. The number of nitrogens with one attached hydrogen (secondary N) is 2. The fourth-order valence-electron chi connectivity index (χ4n) is 4.04. The second kappa shape index (κ2) is 11.1. The highest BCUT2D eigenvalue weighted by Gasteiger charge is 2.19. The Bertz CT molecular complexity index is 1160. The number of nitrogens with zero attached hydrogens (tertiary/aromatic N) is 2. The molecular weight excluding hydrogens is 472 g/mol. The van der Waals surface area contributed by atoms with E-state index in [4.69, 9.17) is 19.2 Å². The summed E-state index contributed by atoms with van der Waals surface area (Å²) in [5.41, 5.74) is 2.37. The zero-order valence-electron chi connectivity index (χ0n) is 19.8. The Balaban J connectivity index is 1.59. The summed E-state index contributed by atoms with van der Waals surface area (Å²) in [6.45, 7) is 2.00. The number of aryl methyl sites for hydroxylation is 1. The van der Waals surface area contributed by atoms with Gasteiger partial charge in [-0.05, 0) is 49.6 Å². The van der Waals surface area contributed by atoms with E-state index in [0.717, 1.165) is 21.3 Å². The highest BCUT2D eigenvalue weighted by molar-refractivity contribution is 7.86. The van der Waals surface area contributed by atoms with Crippen molar-refractivity contribution in [3.8, 4) is 28.0 Å². The van der Waals surface area contributed by atoms with Gasteiger partial charge in [-0.25, -0.2) is 9.19 Å². The Hall–Kier alpha value is -2.85. The molecule has 1 aliphatic carbocycles. The summed E-state index contributed by atoms with van der Waals surface area (Å²) < 4.78 is 32.3. The molecule has 0 bridgehead atoms. The molecule has 1 fully saturated rings. The van der Waals surface area contributed by atoms with Gasteiger partial charge in [0.25, 0.3) is 0 Å². The van der Waals surface area contributed by atoms with Crippen molar-refractivity contribution in [2.75, 3.05) is 31.4 Å². The predicted molar refractivity (Wildman–Crippen MR) is 137 cm³/mol. The molecule has 8 nitrogen and oxygen atoms in total. The maximum absolute atomic E-state index is 13.3. The van der Waals surface area contributed by atoms with Gasteiger partial charge in [0.15, 0.2) is 16.1 Å². The van der Waals surface area contributed by atoms with Gasteiger partial charge in [0, 0.05) is 12.1 Å². The van der Waals surface area contributed by atoms with Crippen LogP contribution in [-0.4, -0.2) is 41.5 Å². The molecule has 1 aromatic carbocycles. The maximum Gasteiger partial charge on any atom is 0.241 e. The largest absolute Gasteiger partial charge is 0.495 e. The average Bonchev–Trinajstić information content (AvgIpc) is 3.24. The van der Waals surface area contributed by atoms with Crippen molar-refractivity contribution in [1.82, 2.24) is 9.97 Å². The van der Waals surface area contributed by atoms with Crippen LogP contribution in [0.2, 0.25) is 0 Å². The van der Waals surface area contributed by atoms with Gasteiger partial charge < -0.3 is 19.5 Å². The third-order valence-corrected chi connectivity index (χ3v) is 8.06. The molecule has 3 aromatic rings. The summed E-state index contributed by atoms with van der Waals surface area (Å²) in [6, 6.07) is 9.58. The van der Waals surface area contributed by atoms with E-state index in [2.05, 4.69) is 15.0 Å². The highest BCUT2D eigenvalue weighted by Crippen LogP contribution is 2.37. The third kappa shape index (κ3) is 5.44. The maximum atomic E-state index is 13.3. The summed E-state index contributed by atoms with van der Waals surface area (Å²) in [4.78, 5) is 10.6. The number of aromatic nitrogens is 2. The van der Waals surface area contributed by atoms with Crippen LogP contribution in [0.5, 0.6) is 17.5 Å². The lowest BCUT2D eigenvalue weighted by molar-refractivity contribution is 0.366. The van der Waals surface area contributed by atoms with Gasteiger partial charge in [-0.3, -0.25) is 4.72 Å². The monoisotopic (exact) mass is 502 g/mol. The number of rotatable bonds is 9. The molecule has 2 heterocycles. The molecule has 2 N–H and O–H groups in total. The van der Waals surface area contributed by atoms with Gasteiger partial charge in [-0.15, -0.1) is 0 Å². The molecule has 0 spiro atoms. The lowest BCUT2D eigenvalue weighted by Crippen LogP contribution is -2.21. The summed E-state index contributed by atoms with van der Waals surface area (Å²) in [5, 5.41) is 4.54. The molecule has 4 rings (SSSR count). The van der Waals surface area contributed by atoms with Crippen molar-refractivity contribution in [3.63, 3.8) is 0 Å². The molecule has 2 aromatic heterocycles. The van der Waals surface area contributed by atoms with Crippen LogP contribution in [0, 0.1) is 6.92 Å². The lowest BCUT2D eigenvalue weighted by Gasteiger charge is -2.22. The molecule has 182 valence electrons. The molecule has 0 aliphatic heterocycles. The summed E-state index contributed by atoms with van der Waals surface area (Å²) in [7, 11) is 2.97. The number of ether oxygens (including phenoxy) is 3. The van der Waals surface area contributed by atoms with E-state index in [0.29, 0.717) is 34.1 Å². The number of hydrogen-bond acceptors (Lipinski definition) is 8. The second-order valence-corrected chi connectivity index (χ2v) is 10.2. The van der Waals surface area contributed by atoms with E-state index >= 15 is 0 Å². The van der Waals surface area contributed by atoms with E-state index in [1.54, 1.807) is 30.6 Å². The van der Waals surface area contributed by atoms with Crippen LogP contribution in [-0.2, 0) is 11.0 Å². The van der Waals surface area contributed by atoms with E-state index < -0.39 is 11.0 Å². The van der Waals surface area contributed by atoms with Gasteiger partial charge in [0.1, 0.15) is 16.3 Å². The summed E-state index contributed by atoms with van der Waals surface area (Å²) in [6.07, 6.45) is 6.23. The molecule has 0 saturated heterocycles. The van der Waals surface area contributed by atoms with Crippen molar-refractivity contribution in [2.24, 2.45) is 0 Å². The van der Waals surface area contributed by atoms with Gasteiger partial charge in [0.2, 0.25) is 11.8 Å². The Morgan fingerprint density at radius 1 is 1.00 bits per heavy atom. The molecule has 0 amide bonds. The fraction of sp³-hybridized carbons (Fsp3) is 0.417. The van der Waals surface area contributed by atoms with Gasteiger partial charge in [-0.1, -0.05) is 30.6 Å². The molecule has 1 unspecified atom stereocenters. The normalized spacial score (nSPS) is 14.9. The first kappa shape index (κ1) is 24.3. The Kier molecular flexibility index (Phi) is 7.89. The zero-order chi connectivity index (χ0) is 24.1. The van der Waals surface area contributed by atoms with Crippen LogP contribution in [0.15, 0.2) is 35.2 Å². The number of anilines is 2. The Morgan fingerprint density at radius 3 is 2.50 bits per heavy atom. The first-order valence-electron chi connectivity index (χ1n) is 11.2. The van der Waals surface area contributed by atoms with Crippen LogP contribution < -0.4 is 24.2 Å². The molecule has 34 heavy (non-hydrogen) atoms. The minimum atomic E-state index is -1.62. The summed E-state index contributed by atoms with van der Waals surface area (Å²) >= 11 is 1.63. The standard InChI is InChI=1S/C24H30N4O4S2/c1-15-22(33-24(25-15)26-17-8-6-5-7-9-17)16-10-12-19(30-2)20(14-16)34(29)28-18-11-13-21(31-3)27-23(18)32-4/h10-14,17,28H,5-9H2,1-4H3,(H,25,26). The Morgan fingerprint density at radius 2 is 1.79 bits per heavy atom. The SMILES string of the molecule is COc1ccc(NS(=O)c2cc(-c3sc(NC4CCCCC4)nc3C)ccc2OC)c(OC)n1. The van der Waals surface area contributed by atoms with E-state index in [1.807, 2.05) is 25.1 Å². The smallest absolute Gasteiger partial charge is 0.241 e. The zero-order valence-corrected chi connectivity index (χ0v) is 21.5. The summed E-state index contributed by atoms with van der Waals surface area (Å²) in [5.74, 6) is 1.23. The van der Waals surface area contributed by atoms with Crippen LogP contribution in [0.1, 0.15) is 37.8 Å². The fourth-order valence-corrected chi connectivity index (χ4v) is 6.11. The van der Waals surface area contributed by atoms with E-state index in [-0.39, 0.29) is 0 Å². The minimum Gasteiger partial charge on any atom is -0.495 e. The van der Waals surface area contributed by atoms with Gasteiger partial charge in [0.05, 0.1) is 31.9 Å². The molecular formula is C24H30N4O4S2. The number of thiazole rings is 1. The van der Waals surface area contributed by atoms with Gasteiger partial charge in [-0.2, -0.15) is 4.98 Å². The average molecular weight is 503 g/mol. The van der Waals surface area contributed by atoms with Crippen molar-refractivity contribution in [2.45, 2.75) is 50.0 Å². The number of benzene rings is 1. The van der Waals surface area contributed by atoms with Crippen LogP contribution in [0.3, 0.4) is 0 Å². The Labute approximate surface area is 206 Å². The molecule has 0 radical (unpaired) electrons. The molecule has 1 aliphatic rings. The van der Waals surface area contributed by atoms with E-state index in [9.17, 15) is 4.21 Å². The quantitative estimate of drug-likeness (QED) is 0.403. The van der Waals surface area contributed by atoms with Crippen LogP contribution in [0.25, 0.3) is 10.4 Å². The van der Waals surface area contributed by atoms with Crippen molar-refractivity contribution < 1.29 is 18.4 Å². The number of pyridine rings is 1. The number of methoxy groups -OCH3 is 3. The predicted octanol–water partition coefficient (Wildman–Crippen LogP) is 5.42. The first-order valence-corrected chi connectivity index (χ1v) is 13.2. The van der Waals surface area contributed by atoms with Crippen LogP contribution >= 0.6 is 11.3 Å². The molecule has 1 atom stereocenters. The van der Waals surface area contributed by atoms with Crippen LogP contribution in [0.4, 0.5) is 10.8 Å². The molecule has 1 saturated carbocycles. The van der Waals surface area contributed by atoms with Crippen molar-refractivity contribution >= 4 is 33.1 Å². The third-order valence-electron chi connectivity index (χ3n) is 5.79.